The van der Waals surface area contributed by atoms with Gasteiger partial charge in [-0.3, -0.25) is 0 Å². The number of hydrogen-bond acceptors (Lipinski definition) is 5. The minimum atomic E-state index is -3.47. The van der Waals surface area contributed by atoms with Crippen LogP contribution < -0.4 is 10.5 Å². The highest BCUT2D eigenvalue weighted by molar-refractivity contribution is 7.89. The first-order chi connectivity index (χ1) is 9.38. The highest BCUT2D eigenvalue weighted by Gasteiger charge is 2.21. The average Bonchev–Trinajstić information content (AvgIpc) is 2.75. The van der Waals surface area contributed by atoms with E-state index in [-0.39, 0.29) is 6.54 Å². The normalized spacial score (nSPS) is 12.2. The summed E-state index contributed by atoms with van der Waals surface area (Å²) in [6.07, 6.45) is 0.660. The van der Waals surface area contributed by atoms with E-state index in [1.54, 1.807) is 6.92 Å². The number of hydrogen-bond donors (Lipinski definition) is 2. The van der Waals surface area contributed by atoms with Gasteiger partial charge in [0.25, 0.3) is 0 Å². The summed E-state index contributed by atoms with van der Waals surface area (Å²) in [5.41, 5.74) is 6.33. The van der Waals surface area contributed by atoms with Gasteiger partial charge in [0.15, 0.2) is 0 Å². The predicted octanol–water partition coefficient (Wildman–Crippen LogP) is 1.86. The van der Waals surface area contributed by atoms with Crippen LogP contribution in [0.25, 0.3) is 0 Å². The van der Waals surface area contributed by atoms with E-state index >= 15 is 0 Å². The zero-order chi connectivity index (χ0) is 15.2. The van der Waals surface area contributed by atoms with Gasteiger partial charge in [-0.25, -0.2) is 13.1 Å². The largest absolute Gasteiger partial charge is 0.381 e. The van der Waals surface area contributed by atoms with Crippen LogP contribution in [0.2, 0.25) is 0 Å². The molecule has 0 aliphatic heterocycles. The molecule has 0 unspecified atom stereocenters. The van der Waals surface area contributed by atoms with Crippen molar-refractivity contribution in [3.8, 4) is 0 Å². The molecule has 0 fully saturated rings. The van der Waals surface area contributed by atoms with Gasteiger partial charge < -0.3 is 10.5 Å². The lowest BCUT2D eigenvalue weighted by Crippen LogP contribution is -2.27. The fourth-order valence-electron chi connectivity index (χ4n) is 1.76. The van der Waals surface area contributed by atoms with E-state index in [0.29, 0.717) is 41.9 Å². The maximum absolute atomic E-state index is 12.2. The molecule has 0 aliphatic carbocycles. The molecule has 0 aromatic carbocycles. The van der Waals surface area contributed by atoms with Gasteiger partial charge in [0.1, 0.15) is 4.90 Å². The first kappa shape index (κ1) is 17.6. The fraction of sp³-hybridized carbons (Fsp3) is 0.692. The minimum absolute atomic E-state index is 0.242. The lowest BCUT2D eigenvalue weighted by Gasteiger charge is -2.09. The van der Waals surface area contributed by atoms with Crippen LogP contribution in [0.3, 0.4) is 0 Å². The Balaban J connectivity index is 2.48. The standard InChI is InChI=1S/C13H24N2O3S2/c1-10(2)8-18-6-4-5-15-20(16,17)13-11(3)9-19-12(13)7-14/h9-10,15H,4-8,14H2,1-3H3. The number of aryl methyl sites for hydroxylation is 1. The van der Waals surface area contributed by atoms with Crippen molar-refractivity contribution in [1.29, 1.82) is 0 Å². The Morgan fingerprint density at radius 2 is 2.15 bits per heavy atom. The second kappa shape index (κ2) is 8.09. The Hall–Kier alpha value is -0.470. The van der Waals surface area contributed by atoms with Crippen molar-refractivity contribution in [2.24, 2.45) is 11.7 Å². The monoisotopic (exact) mass is 320 g/mol. The zero-order valence-electron chi connectivity index (χ0n) is 12.3. The van der Waals surface area contributed by atoms with E-state index in [0.717, 1.165) is 5.56 Å². The van der Waals surface area contributed by atoms with Crippen molar-refractivity contribution in [3.05, 3.63) is 15.8 Å². The van der Waals surface area contributed by atoms with E-state index in [2.05, 4.69) is 18.6 Å². The van der Waals surface area contributed by atoms with Gasteiger partial charge in [0, 0.05) is 31.2 Å². The lowest BCUT2D eigenvalue weighted by atomic mass is 10.2. The van der Waals surface area contributed by atoms with Crippen LogP contribution in [0.5, 0.6) is 0 Å². The molecular weight excluding hydrogens is 296 g/mol. The molecule has 1 aromatic heterocycles. The number of thiophene rings is 1. The van der Waals surface area contributed by atoms with Crippen LogP contribution in [0.1, 0.15) is 30.7 Å². The second-order valence-electron chi connectivity index (χ2n) is 5.10. The molecule has 1 heterocycles. The maximum atomic E-state index is 12.2. The summed E-state index contributed by atoms with van der Waals surface area (Å²) < 4.78 is 32.5. The summed E-state index contributed by atoms with van der Waals surface area (Å²) in [5, 5.41) is 1.82. The number of sulfonamides is 1. The van der Waals surface area contributed by atoms with Gasteiger partial charge in [0.05, 0.1) is 0 Å². The molecular formula is C13H24N2O3S2. The highest BCUT2D eigenvalue weighted by Crippen LogP contribution is 2.26. The summed E-state index contributed by atoms with van der Waals surface area (Å²) in [6, 6.07) is 0. The lowest BCUT2D eigenvalue weighted by molar-refractivity contribution is 0.108. The summed E-state index contributed by atoms with van der Waals surface area (Å²) in [6.45, 7) is 7.83. The van der Waals surface area contributed by atoms with Gasteiger partial charge in [-0.2, -0.15) is 0 Å². The molecule has 1 aromatic rings. The first-order valence-electron chi connectivity index (χ1n) is 6.73. The third kappa shape index (κ3) is 5.14. The molecule has 0 atom stereocenters. The molecule has 0 aliphatic rings. The van der Waals surface area contributed by atoms with E-state index < -0.39 is 10.0 Å². The summed E-state index contributed by atoms with van der Waals surface area (Å²) >= 11 is 1.38. The molecule has 0 saturated heterocycles. The van der Waals surface area contributed by atoms with Crippen molar-refractivity contribution < 1.29 is 13.2 Å². The van der Waals surface area contributed by atoms with Gasteiger partial charge in [-0.05, 0) is 30.2 Å². The van der Waals surface area contributed by atoms with Crippen LogP contribution in [-0.2, 0) is 21.3 Å². The molecule has 20 heavy (non-hydrogen) atoms. The van der Waals surface area contributed by atoms with Gasteiger partial charge in [0.2, 0.25) is 10.0 Å². The smallest absolute Gasteiger partial charge is 0.241 e. The van der Waals surface area contributed by atoms with Crippen molar-refractivity contribution in [3.63, 3.8) is 0 Å². The first-order valence-corrected chi connectivity index (χ1v) is 9.09. The average molecular weight is 320 g/mol. The van der Waals surface area contributed by atoms with Gasteiger partial charge in [-0.15, -0.1) is 11.3 Å². The van der Waals surface area contributed by atoms with Crippen LogP contribution in [0, 0.1) is 12.8 Å². The van der Waals surface area contributed by atoms with Crippen LogP contribution in [0.15, 0.2) is 10.3 Å². The Labute approximate surface area is 125 Å². The molecule has 7 heteroatoms. The Morgan fingerprint density at radius 3 is 2.75 bits per heavy atom. The number of ether oxygens (including phenoxy) is 1. The SMILES string of the molecule is Cc1csc(CN)c1S(=O)(=O)NCCCOCC(C)C. The Kier molecular flexibility index (Phi) is 7.11. The topological polar surface area (TPSA) is 81.4 Å². The molecule has 0 spiro atoms. The molecule has 0 bridgehead atoms. The second-order valence-corrected chi connectivity index (χ2v) is 7.76. The third-order valence-corrected chi connectivity index (χ3v) is 5.60. The highest BCUT2D eigenvalue weighted by atomic mass is 32.2. The number of nitrogens with two attached hydrogens (primary N) is 1. The van der Waals surface area contributed by atoms with Gasteiger partial charge in [-0.1, -0.05) is 13.8 Å². The Morgan fingerprint density at radius 1 is 1.45 bits per heavy atom. The van der Waals surface area contributed by atoms with Crippen LogP contribution >= 0.6 is 11.3 Å². The fourth-order valence-corrected chi connectivity index (χ4v) is 4.53. The van der Waals surface area contributed by atoms with Crippen molar-refractivity contribution in [2.75, 3.05) is 19.8 Å². The van der Waals surface area contributed by atoms with E-state index in [4.69, 9.17) is 10.5 Å². The predicted molar refractivity (Wildman–Crippen MR) is 82.4 cm³/mol. The molecule has 0 radical (unpaired) electrons. The summed E-state index contributed by atoms with van der Waals surface area (Å²) in [5.74, 6) is 0.493. The van der Waals surface area contributed by atoms with E-state index in [1.165, 1.54) is 11.3 Å². The van der Waals surface area contributed by atoms with Gasteiger partial charge >= 0.3 is 0 Å². The van der Waals surface area contributed by atoms with Crippen molar-refractivity contribution >= 4 is 21.4 Å². The zero-order valence-corrected chi connectivity index (χ0v) is 13.9. The third-order valence-electron chi connectivity index (χ3n) is 2.65. The summed E-state index contributed by atoms with van der Waals surface area (Å²) in [7, 11) is -3.47. The maximum Gasteiger partial charge on any atom is 0.241 e. The van der Waals surface area contributed by atoms with Crippen molar-refractivity contribution in [2.45, 2.75) is 38.6 Å². The van der Waals surface area contributed by atoms with E-state index in [9.17, 15) is 8.42 Å². The molecule has 3 N–H and O–H groups in total. The molecule has 1 rings (SSSR count). The molecule has 5 nitrogen and oxygen atoms in total. The Bertz CT molecular complexity index is 510. The van der Waals surface area contributed by atoms with E-state index in [1.807, 2.05) is 5.38 Å². The van der Waals surface area contributed by atoms with Crippen LogP contribution in [-0.4, -0.2) is 28.2 Å². The number of nitrogens with one attached hydrogen (secondary N) is 1. The molecule has 116 valence electrons. The number of rotatable bonds is 9. The minimum Gasteiger partial charge on any atom is -0.381 e. The van der Waals surface area contributed by atoms with Crippen LogP contribution in [0.4, 0.5) is 0 Å². The quantitative estimate of drug-likeness (QED) is 0.680. The molecule has 0 saturated carbocycles. The summed E-state index contributed by atoms with van der Waals surface area (Å²) in [4.78, 5) is 1.04. The molecule has 0 amide bonds. The van der Waals surface area contributed by atoms with Crippen molar-refractivity contribution in [1.82, 2.24) is 4.72 Å².